The molecule has 0 aliphatic heterocycles. The lowest BCUT2D eigenvalue weighted by Crippen LogP contribution is -2.49. The Morgan fingerprint density at radius 1 is 1.32 bits per heavy atom. The lowest BCUT2D eigenvalue weighted by atomic mass is 9.80. The summed E-state index contributed by atoms with van der Waals surface area (Å²) < 4.78 is 5.21. The molecule has 0 aromatic rings. The Kier molecular flexibility index (Phi) is 5.20. The molecule has 5 nitrogen and oxygen atoms in total. The van der Waals surface area contributed by atoms with Crippen molar-refractivity contribution >= 4 is 12.0 Å². The van der Waals surface area contributed by atoms with E-state index in [4.69, 9.17) is 4.74 Å². The van der Waals surface area contributed by atoms with Gasteiger partial charge in [-0.2, -0.15) is 0 Å². The number of alkyl carbamates (subject to hydrolysis) is 1. The predicted molar refractivity (Wildman–Crippen MR) is 73.8 cm³/mol. The van der Waals surface area contributed by atoms with Gasteiger partial charge in [-0.3, -0.25) is 4.79 Å². The van der Waals surface area contributed by atoms with Crippen LogP contribution in [0.1, 0.15) is 46.5 Å². The molecule has 0 radical (unpaired) electrons. The third-order valence-corrected chi connectivity index (χ3v) is 3.22. The van der Waals surface area contributed by atoms with Gasteiger partial charge in [-0.25, -0.2) is 4.79 Å². The molecular formula is C14H26N2O3. The Labute approximate surface area is 115 Å². The molecule has 0 bridgehead atoms. The van der Waals surface area contributed by atoms with Crippen molar-refractivity contribution in [2.75, 3.05) is 14.1 Å². The molecule has 1 rings (SSSR count). The number of hydrogen-bond donors (Lipinski definition) is 1. The standard InChI is InChI=1S/C14H26N2O3/c1-14(2,3)19-13(18)15-11(12(17)16(4)5)9-10-7-6-8-10/h10-11H,6-9H2,1-5H3,(H,15,18). The summed E-state index contributed by atoms with van der Waals surface area (Å²) in [5.74, 6) is 0.474. The van der Waals surface area contributed by atoms with Gasteiger partial charge in [-0.15, -0.1) is 0 Å². The zero-order chi connectivity index (χ0) is 14.6. The summed E-state index contributed by atoms with van der Waals surface area (Å²) in [6, 6.07) is -0.477. The number of nitrogens with one attached hydrogen (secondary N) is 1. The van der Waals surface area contributed by atoms with Gasteiger partial charge < -0.3 is 15.0 Å². The van der Waals surface area contributed by atoms with Crippen molar-refractivity contribution in [3.63, 3.8) is 0 Å². The van der Waals surface area contributed by atoms with Gasteiger partial charge in [0, 0.05) is 14.1 Å². The summed E-state index contributed by atoms with van der Waals surface area (Å²) in [7, 11) is 3.40. The molecule has 0 heterocycles. The van der Waals surface area contributed by atoms with E-state index in [1.165, 1.54) is 11.3 Å². The van der Waals surface area contributed by atoms with Gasteiger partial charge in [0.1, 0.15) is 11.6 Å². The van der Waals surface area contributed by atoms with Crippen molar-refractivity contribution in [2.24, 2.45) is 5.92 Å². The maximum absolute atomic E-state index is 12.1. The van der Waals surface area contributed by atoms with Gasteiger partial charge in [0.05, 0.1) is 0 Å². The van der Waals surface area contributed by atoms with E-state index in [1.54, 1.807) is 34.9 Å². The number of likely N-dealkylation sites (N-methyl/N-ethyl adjacent to an activating group) is 1. The van der Waals surface area contributed by atoms with Crippen LogP contribution in [0.3, 0.4) is 0 Å². The van der Waals surface area contributed by atoms with E-state index in [-0.39, 0.29) is 5.91 Å². The maximum atomic E-state index is 12.1. The highest BCUT2D eigenvalue weighted by atomic mass is 16.6. The number of amides is 2. The average molecular weight is 270 g/mol. The maximum Gasteiger partial charge on any atom is 0.408 e. The fourth-order valence-electron chi connectivity index (χ4n) is 2.04. The molecule has 0 aromatic heterocycles. The van der Waals surface area contributed by atoms with Gasteiger partial charge >= 0.3 is 6.09 Å². The second kappa shape index (κ2) is 6.26. The molecule has 0 saturated heterocycles. The van der Waals surface area contributed by atoms with E-state index < -0.39 is 17.7 Å². The van der Waals surface area contributed by atoms with Crippen LogP contribution in [0.15, 0.2) is 0 Å². The molecule has 2 amide bonds. The van der Waals surface area contributed by atoms with Crippen molar-refractivity contribution in [1.82, 2.24) is 10.2 Å². The summed E-state index contributed by atoms with van der Waals surface area (Å²) in [6.45, 7) is 5.42. The van der Waals surface area contributed by atoms with Crippen molar-refractivity contribution < 1.29 is 14.3 Å². The summed E-state index contributed by atoms with van der Waals surface area (Å²) in [6.07, 6.45) is 3.70. The highest BCUT2D eigenvalue weighted by Crippen LogP contribution is 2.30. The molecule has 0 spiro atoms. The zero-order valence-electron chi connectivity index (χ0n) is 12.7. The minimum absolute atomic E-state index is 0.0715. The molecule has 5 heteroatoms. The van der Waals surface area contributed by atoms with Crippen LogP contribution in [0.2, 0.25) is 0 Å². The fraction of sp³-hybridized carbons (Fsp3) is 0.857. The van der Waals surface area contributed by atoms with Crippen LogP contribution in [-0.2, 0) is 9.53 Å². The monoisotopic (exact) mass is 270 g/mol. The summed E-state index contributed by atoms with van der Waals surface area (Å²) in [5.41, 5.74) is -0.549. The van der Waals surface area contributed by atoms with Crippen LogP contribution < -0.4 is 5.32 Å². The molecule has 110 valence electrons. The predicted octanol–water partition coefficient (Wildman–Crippen LogP) is 2.16. The Bertz CT molecular complexity index is 330. The molecule has 1 N–H and O–H groups in total. The Morgan fingerprint density at radius 3 is 2.26 bits per heavy atom. The van der Waals surface area contributed by atoms with Crippen molar-refractivity contribution in [1.29, 1.82) is 0 Å². The highest BCUT2D eigenvalue weighted by molar-refractivity contribution is 5.85. The Morgan fingerprint density at radius 2 is 1.89 bits per heavy atom. The van der Waals surface area contributed by atoms with Crippen molar-refractivity contribution in [3.05, 3.63) is 0 Å². The fourth-order valence-corrected chi connectivity index (χ4v) is 2.04. The van der Waals surface area contributed by atoms with Gasteiger partial charge in [-0.05, 0) is 33.1 Å². The smallest absolute Gasteiger partial charge is 0.408 e. The molecule has 0 aromatic carbocycles. The molecule has 1 atom stereocenters. The van der Waals surface area contributed by atoms with Crippen LogP contribution in [0.5, 0.6) is 0 Å². The molecule has 1 fully saturated rings. The average Bonchev–Trinajstić information content (AvgIpc) is 2.17. The molecule has 1 unspecified atom stereocenters. The van der Waals surface area contributed by atoms with Crippen molar-refractivity contribution in [2.45, 2.75) is 58.1 Å². The quantitative estimate of drug-likeness (QED) is 0.851. The van der Waals surface area contributed by atoms with Crippen LogP contribution >= 0.6 is 0 Å². The number of rotatable bonds is 4. The van der Waals surface area contributed by atoms with E-state index in [2.05, 4.69) is 5.32 Å². The number of ether oxygens (including phenoxy) is 1. The molecule has 19 heavy (non-hydrogen) atoms. The second-order valence-electron chi connectivity index (χ2n) is 6.46. The lowest BCUT2D eigenvalue weighted by Gasteiger charge is -2.31. The summed E-state index contributed by atoms with van der Waals surface area (Å²) in [5, 5.41) is 2.70. The topological polar surface area (TPSA) is 58.6 Å². The van der Waals surface area contributed by atoms with Gasteiger partial charge in [0.15, 0.2) is 0 Å². The van der Waals surface area contributed by atoms with Crippen LogP contribution in [0, 0.1) is 5.92 Å². The van der Waals surface area contributed by atoms with E-state index >= 15 is 0 Å². The molecular weight excluding hydrogens is 244 g/mol. The van der Waals surface area contributed by atoms with Gasteiger partial charge in [0.25, 0.3) is 0 Å². The van der Waals surface area contributed by atoms with Crippen LogP contribution in [-0.4, -0.2) is 42.6 Å². The lowest BCUT2D eigenvalue weighted by molar-refractivity contribution is -0.131. The van der Waals surface area contributed by atoms with Crippen molar-refractivity contribution in [3.8, 4) is 0 Å². The third kappa shape index (κ3) is 5.49. The summed E-state index contributed by atoms with van der Waals surface area (Å²) in [4.78, 5) is 25.4. The number of carbonyl (C=O) groups is 2. The van der Waals surface area contributed by atoms with E-state index in [0.717, 1.165) is 12.8 Å². The second-order valence-corrected chi connectivity index (χ2v) is 6.46. The van der Waals surface area contributed by atoms with Crippen LogP contribution in [0.25, 0.3) is 0 Å². The Hall–Kier alpha value is -1.26. The third-order valence-electron chi connectivity index (χ3n) is 3.22. The number of nitrogens with zero attached hydrogens (tertiary/aromatic N) is 1. The molecule has 1 saturated carbocycles. The highest BCUT2D eigenvalue weighted by Gasteiger charge is 2.30. The zero-order valence-corrected chi connectivity index (χ0v) is 12.7. The number of hydrogen-bond acceptors (Lipinski definition) is 3. The van der Waals surface area contributed by atoms with E-state index in [1.807, 2.05) is 0 Å². The minimum atomic E-state index is -0.549. The van der Waals surface area contributed by atoms with E-state index in [0.29, 0.717) is 12.3 Å². The normalized spacial score (nSPS) is 17.3. The van der Waals surface area contributed by atoms with Crippen LogP contribution in [0.4, 0.5) is 4.79 Å². The van der Waals surface area contributed by atoms with Gasteiger partial charge in [-0.1, -0.05) is 19.3 Å². The minimum Gasteiger partial charge on any atom is -0.444 e. The SMILES string of the molecule is CN(C)C(=O)C(CC1CCC1)NC(=O)OC(C)(C)C. The largest absolute Gasteiger partial charge is 0.444 e. The first kappa shape index (κ1) is 15.8. The molecule has 1 aliphatic carbocycles. The van der Waals surface area contributed by atoms with E-state index in [9.17, 15) is 9.59 Å². The Balaban J connectivity index is 2.57. The first-order valence-electron chi connectivity index (χ1n) is 6.89. The number of carbonyl (C=O) groups excluding carboxylic acids is 2. The van der Waals surface area contributed by atoms with Gasteiger partial charge in [0.2, 0.25) is 5.91 Å². The molecule has 1 aliphatic rings. The first-order chi connectivity index (χ1) is 8.69. The first-order valence-corrected chi connectivity index (χ1v) is 6.89. The summed E-state index contributed by atoms with van der Waals surface area (Å²) >= 11 is 0.